The van der Waals surface area contributed by atoms with Crippen molar-refractivity contribution in [2.75, 3.05) is 18.5 Å². The first-order chi connectivity index (χ1) is 8.81. The second-order valence-corrected chi connectivity index (χ2v) is 3.97. The molecule has 0 saturated carbocycles. The molecule has 0 fully saturated rings. The van der Waals surface area contributed by atoms with Gasteiger partial charge in [0.05, 0.1) is 12.5 Å². The number of aromatic nitrogens is 2. The molecule has 4 nitrogen and oxygen atoms in total. The molecule has 1 aromatic carbocycles. The van der Waals surface area contributed by atoms with E-state index in [1.807, 2.05) is 42.3 Å². The Balaban J connectivity index is 2.13. The first-order valence-corrected chi connectivity index (χ1v) is 5.77. The first kappa shape index (κ1) is 12.1. The highest BCUT2D eigenvalue weighted by Crippen LogP contribution is 2.17. The molecule has 0 unspecified atom stereocenters. The Bertz CT molecular complexity index is 528. The molecule has 0 aliphatic heterocycles. The Morgan fingerprint density at radius 2 is 1.78 bits per heavy atom. The van der Waals surface area contributed by atoms with E-state index in [1.165, 1.54) is 0 Å². The summed E-state index contributed by atoms with van der Waals surface area (Å²) >= 11 is 0. The van der Waals surface area contributed by atoms with Gasteiger partial charge in [-0.1, -0.05) is 30.3 Å². The molecule has 0 aliphatic rings. The summed E-state index contributed by atoms with van der Waals surface area (Å²) in [5, 5.41) is 8.54. The molecule has 0 aliphatic carbocycles. The van der Waals surface area contributed by atoms with Crippen LogP contribution in [0.4, 0.5) is 5.95 Å². The highest BCUT2D eigenvalue weighted by molar-refractivity contribution is 5.61. The zero-order valence-corrected chi connectivity index (χ0v) is 10.2. The second kappa shape index (κ2) is 5.78. The van der Waals surface area contributed by atoms with Crippen molar-refractivity contribution in [3.63, 3.8) is 0 Å². The van der Waals surface area contributed by atoms with E-state index in [2.05, 4.69) is 16.0 Å². The van der Waals surface area contributed by atoms with E-state index >= 15 is 0 Å². The topological polar surface area (TPSA) is 52.8 Å². The van der Waals surface area contributed by atoms with Gasteiger partial charge in [0.2, 0.25) is 5.95 Å². The Hall–Kier alpha value is -2.41. The summed E-state index contributed by atoms with van der Waals surface area (Å²) in [4.78, 5) is 10.5. The van der Waals surface area contributed by atoms with Crippen molar-refractivity contribution in [1.29, 1.82) is 5.26 Å². The third-order valence-electron chi connectivity index (χ3n) is 2.65. The number of nitrogens with zero attached hydrogens (tertiary/aromatic N) is 4. The minimum atomic E-state index is 0.473. The molecule has 0 amide bonds. The summed E-state index contributed by atoms with van der Waals surface area (Å²) in [6, 6.07) is 12.1. The Morgan fingerprint density at radius 1 is 1.11 bits per heavy atom. The number of anilines is 1. The monoisotopic (exact) mass is 238 g/mol. The van der Waals surface area contributed by atoms with Crippen LogP contribution in [0.1, 0.15) is 6.42 Å². The average molecular weight is 238 g/mol. The van der Waals surface area contributed by atoms with E-state index in [0.29, 0.717) is 18.9 Å². The molecule has 0 saturated heterocycles. The van der Waals surface area contributed by atoms with Gasteiger partial charge in [-0.15, -0.1) is 0 Å². The number of rotatable bonds is 4. The van der Waals surface area contributed by atoms with Gasteiger partial charge in [-0.05, 0) is 5.56 Å². The fraction of sp³-hybridized carbons (Fsp3) is 0.214. The maximum absolute atomic E-state index is 8.54. The molecule has 0 spiro atoms. The van der Waals surface area contributed by atoms with Crippen molar-refractivity contribution < 1.29 is 0 Å². The van der Waals surface area contributed by atoms with Crippen LogP contribution in [0.25, 0.3) is 11.1 Å². The second-order valence-electron chi connectivity index (χ2n) is 3.97. The van der Waals surface area contributed by atoms with E-state index in [0.717, 1.165) is 11.1 Å². The Labute approximate surface area is 107 Å². The lowest BCUT2D eigenvalue weighted by Gasteiger charge is -2.14. The zero-order valence-electron chi connectivity index (χ0n) is 10.2. The quantitative estimate of drug-likeness (QED) is 0.821. The fourth-order valence-corrected chi connectivity index (χ4v) is 1.62. The van der Waals surface area contributed by atoms with Crippen LogP contribution >= 0.6 is 0 Å². The van der Waals surface area contributed by atoms with Crippen molar-refractivity contribution in [2.45, 2.75) is 6.42 Å². The van der Waals surface area contributed by atoms with Crippen molar-refractivity contribution in [1.82, 2.24) is 9.97 Å². The van der Waals surface area contributed by atoms with Crippen LogP contribution in [-0.4, -0.2) is 23.6 Å². The largest absolute Gasteiger partial charge is 0.343 e. The zero-order chi connectivity index (χ0) is 12.8. The molecule has 1 aromatic heterocycles. The van der Waals surface area contributed by atoms with Crippen molar-refractivity contribution >= 4 is 5.95 Å². The molecule has 2 rings (SSSR count). The smallest absolute Gasteiger partial charge is 0.225 e. The molecule has 18 heavy (non-hydrogen) atoms. The molecule has 4 heteroatoms. The van der Waals surface area contributed by atoms with E-state index in [4.69, 9.17) is 5.26 Å². The van der Waals surface area contributed by atoms with E-state index in [9.17, 15) is 0 Å². The summed E-state index contributed by atoms with van der Waals surface area (Å²) < 4.78 is 0. The number of nitriles is 1. The average Bonchev–Trinajstić information content (AvgIpc) is 2.46. The molecule has 1 heterocycles. The van der Waals surface area contributed by atoms with Crippen LogP contribution in [0.15, 0.2) is 42.7 Å². The predicted octanol–water partition coefficient (Wildman–Crippen LogP) is 2.49. The third-order valence-corrected chi connectivity index (χ3v) is 2.65. The van der Waals surface area contributed by atoms with Crippen molar-refractivity contribution in [3.8, 4) is 17.2 Å². The molecule has 0 radical (unpaired) electrons. The molecule has 0 atom stereocenters. The lowest BCUT2D eigenvalue weighted by atomic mass is 10.1. The summed E-state index contributed by atoms with van der Waals surface area (Å²) in [6.07, 6.45) is 4.08. The number of hydrogen-bond acceptors (Lipinski definition) is 4. The molecule has 0 bridgehead atoms. The summed E-state index contributed by atoms with van der Waals surface area (Å²) in [5.74, 6) is 0.643. The van der Waals surface area contributed by atoms with Gasteiger partial charge in [0.25, 0.3) is 0 Å². The van der Waals surface area contributed by atoms with Gasteiger partial charge in [-0.2, -0.15) is 5.26 Å². The molecular formula is C14H14N4. The van der Waals surface area contributed by atoms with E-state index in [-0.39, 0.29) is 0 Å². The SMILES string of the molecule is CN(CCC#N)c1ncc(-c2ccccc2)cn1. The minimum absolute atomic E-state index is 0.473. The molecule has 2 aromatic rings. The van der Waals surface area contributed by atoms with Gasteiger partial charge in [0.15, 0.2) is 0 Å². The maximum Gasteiger partial charge on any atom is 0.225 e. The summed E-state index contributed by atoms with van der Waals surface area (Å²) in [5.41, 5.74) is 2.09. The highest BCUT2D eigenvalue weighted by Gasteiger charge is 2.04. The summed E-state index contributed by atoms with van der Waals surface area (Å²) in [6.45, 7) is 0.640. The maximum atomic E-state index is 8.54. The van der Waals surface area contributed by atoms with Gasteiger partial charge in [-0.25, -0.2) is 9.97 Å². The van der Waals surface area contributed by atoms with Gasteiger partial charge in [0.1, 0.15) is 0 Å². The lowest BCUT2D eigenvalue weighted by molar-refractivity contribution is 0.859. The van der Waals surface area contributed by atoms with Crippen LogP contribution < -0.4 is 4.90 Å². The third kappa shape index (κ3) is 2.83. The van der Waals surface area contributed by atoms with Gasteiger partial charge in [0, 0.05) is 31.5 Å². The van der Waals surface area contributed by atoms with Crippen LogP contribution in [-0.2, 0) is 0 Å². The van der Waals surface area contributed by atoms with E-state index < -0.39 is 0 Å². The number of benzene rings is 1. The van der Waals surface area contributed by atoms with Gasteiger partial charge < -0.3 is 4.90 Å². The lowest BCUT2D eigenvalue weighted by Crippen LogP contribution is -2.20. The molecular weight excluding hydrogens is 224 g/mol. The highest BCUT2D eigenvalue weighted by atomic mass is 15.2. The van der Waals surface area contributed by atoms with Crippen LogP contribution in [0, 0.1) is 11.3 Å². The fourth-order valence-electron chi connectivity index (χ4n) is 1.62. The Kier molecular flexibility index (Phi) is 3.87. The molecule has 90 valence electrons. The van der Waals surface area contributed by atoms with Crippen molar-refractivity contribution in [2.24, 2.45) is 0 Å². The standard InChI is InChI=1S/C14H14N4/c1-18(9-5-8-15)14-16-10-13(11-17-14)12-6-3-2-4-7-12/h2-4,6-7,10-11H,5,9H2,1H3. The number of hydrogen-bond donors (Lipinski definition) is 0. The van der Waals surface area contributed by atoms with Gasteiger partial charge in [-0.3, -0.25) is 0 Å². The van der Waals surface area contributed by atoms with Gasteiger partial charge >= 0.3 is 0 Å². The minimum Gasteiger partial charge on any atom is -0.343 e. The predicted molar refractivity (Wildman–Crippen MR) is 71.0 cm³/mol. The van der Waals surface area contributed by atoms with Crippen LogP contribution in [0.3, 0.4) is 0 Å². The summed E-state index contributed by atoms with van der Waals surface area (Å²) in [7, 11) is 1.88. The van der Waals surface area contributed by atoms with Crippen LogP contribution in [0.2, 0.25) is 0 Å². The van der Waals surface area contributed by atoms with Crippen LogP contribution in [0.5, 0.6) is 0 Å². The van der Waals surface area contributed by atoms with Crippen molar-refractivity contribution in [3.05, 3.63) is 42.7 Å². The molecule has 0 N–H and O–H groups in total. The van der Waals surface area contributed by atoms with E-state index in [1.54, 1.807) is 12.4 Å². The first-order valence-electron chi connectivity index (χ1n) is 5.77. The Morgan fingerprint density at radius 3 is 2.39 bits per heavy atom. The normalized spacial score (nSPS) is 9.78.